The zero-order chi connectivity index (χ0) is 18.5. The van der Waals surface area contributed by atoms with Crippen molar-refractivity contribution in [1.29, 1.82) is 5.41 Å². The fourth-order valence-corrected chi connectivity index (χ4v) is 1.62. The first-order chi connectivity index (χ1) is 11.2. The van der Waals surface area contributed by atoms with Gasteiger partial charge in [0.05, 0.1) is 0 Å². The Balaban J connectivity index is 0.000000441. The van der Waals surface area contributed by atoms with Crippen molar-refractivity contribution >= 4 is 17.9 Å². The summed E-state index contributed by atoms with van der Waals surface area (Å²) in [4.78, 5) is 20.6. The van der Waals surface area contributed by atoms with Crippen molar-refractivity contribution in [3.8, 4) is 0 Å². The maximum Gasteiger partial charge on any atom is 0.320 e. The largest absolute Gasteiger partial charge is 0.480 e. The third-order valence-electron chi connectivity index (χ3n) is 2.94. The van der Waals surface area contributed by atoms with Crippen molar-refractivity contribution in [1.82, 2.24) is 5.32 Å². The number of hydrogen-bond donors (Lipinski definition) is 7. The Morgan fingerprint density at radius 2 is 1.62 bits per heavy atom. The molecule has 9 heteroatoms. The van der Waals surface area contributed by atoms with Gasteiger partial charge >= 0.3 is 11.9 Å². The van der Waals surface area contributed by atoms with E-state index in [0.29, 0.717) is 25.8 Å². The van der Waals surface area contributed by atoms with Crippen LogP contribution in [0.1, 0.15) is 18.4 Å². The fourth-order valence-electron chi connectivity index (χ4n) is 1.62. The number of carbonyl (C=O) groups is 2. The summed E-state index contributed by atoms with van der Waals surface area (Å²) in [6, 6.07) is 7.72. The smallest absolute Gasteiger partial charge is 0.320 e. The lowest BCUT2D eigenvalue weighted by molar-refractivity contribution is -0.139. The van der Waals surface area contributed by atoms with E-state index in [0.717, 1.165) is 5.56 Å². The minimum atomic E-state index is -1.00. The van der Waals surface area contributed by atoms with Crippen LogP contribution >= 0.6 is 0 Å². The first-order valence-corrected chi connectivity index (χ1v) is 7.32. The van der Waals surface area contributed by atoms with E-state index in [4.69, 9.17) is 32.8 Å². The molecule has 1 aromatic carbocycles. The lowest BCUT2D eigenvalue weighted by Crippen LogP contribution is -2.34. The summed E-state index contributed by atoms with van der Waals surface area (Å²) in [6.45, 7) is 0.482. The van der Waals surface area contributed by atoms with E-state index >= 15 is 0 Å². The van der Waals surface area contributed by atoms with E-state index in [1.807, 2.05) is 30.3 Å². The van der Waals surface area contributed by atoms with Gasteiger partial charge in [-0.05, 0) is 24.8 Å². The zero-order valence-corrected chi connectivity index (χ0v) is 13.3. The fraction of sp³-hybridized carbons (Fsp3) is 0.400. The molecule has 0 aliphatic heterocycles. The molecule has 0 radical (unpaired) electrons. The number of benzene rings is 1. The highest BCUT2D eigenvalue weighted by Gasteiger charge is 2.11. The second-order valence-corrected chi connectivity index (χ2v) is 5.06. The van der Waals surface area contributed by atoms with Crippen molar-refractivity contribution in [2.75, 3.05) is 6.54 Å². The van der Waals surface area contributed by atoms with Crippen LogP contribution in [0, 0.1) is 5.41 Å². The second kappa shape index (κ2) is 11.9. The van der Waals surface area contributed by atoms with Gasteiger partial charge in [-0.1, -0.05) is 30.3 Å². The molecule has 0 aromatic heterocycles. The third kappa shape index (κ3) is 11.0. The summed E-state index contributed by atoms with van der Waals surface area (Å²) in [7, 11) is 0. The molecule has 0 bridgehead atoms. The van der Waals surface area contributed by atoms with Crippen LogP contribution in [-0.4, -0.2) is 46.7 Å². The van der Waals surface area contributed by atoms with Gasteiger partial charge < -0.3 is 32.7 Å². The molecule has 0 fully saturated rings. The molecule has 0 unspecified atom stereocenters. The summed E-state index contributed by atoms with van der Waals surface area (Å²) in [5.74, 6) is -2.07. The summed E-state index contributed by atoms with van der Waals surface area (Å²) in [5, 5.41) is 26.2. The zero-order valence-electron chi connectivity index (χ0n) is 13.3. The molecule has 0 saturated carbocycles. The number of aliphatic carboxylic acids is 2. The number of rotatable bonds is 8. The molecule has 0 heterocycles. The van der Waals surface area contributed by atoms with Crippen molar-refractivity contribution in [2.45, 2.75) is 31.3 Å². The topological polar surface area (TPSA) is 189 Å². The molecule has 1 aromatic rings. The molecule has 0 aliphatic carbocycles. The van der Waals surface area contributed by atoms with E-state index in [1.54, 1.807) is 0 Å². The molecule has 2 atom stereocenters. The monoisotopic (exact) mass is 339 g/mol. The number of guanidine groups is 1. The Morgan fingerprint density at radius 1 is 1.08 bits per heavy atom. The predicted molar refractivity (Wildman–Crippen MR) is 90.5 cm³/mol. The third-order valence-corrected chi connectivity index (χ3v) is 2.94. The van der Waals surface area contributed by atoms with Crippen LogP contribution in [0.3, 0.4) is 0 Å². The number of carboxylic acid groups (broad SMARTS) is 2. The highest BCUT2D eigenvalue weighted by molar-refractivity contribution is 5.74. The Bertz CT molecular complexity index is 524. The molecule has 24 heavy (non-hydrogen) atoms. The van der Waals surface area contributed by atoms with Gasteiger partial charge in [-0.2, -0.15) is 0 Å². The van der Waals surface area contributed by atoms with E-state index < -0.39 is 24.0 Å². The molecule has 134 valence electrons. The van der Waals surface area contributed by atoms with Crippen molar-refractivity contribution in [3.05, 3.63) is 35.9 Å². The Labute approximate surface area is 140 Å². The quantitative estimate of drug-likeness (QED) is 0.184. The Morgan fingerprint density at radius 3 is 2.08 bits per heavy atom. The van der Waals surface area contributed by atoms with Gasteiger partial charge in [0.15, 0.2) is 5.96 Å². The van der Waals surface area contributed by atoms with Crippen LogP contribution in [0.25, 0.3) is 0 Å². The molecule has 1 rings (SSSR count). The predicted octanol–water partition coefficient (Wildman–Crippen LogP) is -0.697. The van der Waals surface area contributed by atoms with Gasteiger partial charge in [0.1, 0.15) is 12.1 Å². The molecule has 0 amide bonds. The Hall–Kier alpha value is -2.65. The highest BCUT2D eigenvalue weighted by atomic mass is 16.4. The minimum absolute atomic E-state index is 0.112. The van der Waals surface area contributed by atoms with Crippen molar-refractivity contribution in [3.63, 3.8) is 0 Å². The summed E-state index contributed by atoms with van der Waals surface area (Å²) < 4.78 is 0. The lowest BCUT2D eigenvalue weighted by Gasteiger charge is -2.06. The van der Waals surface area contributed by atoms with Gasteiger partial charge in [0.2, 0.25) is 0 Å². The average molecular weight is 339 g/mol. The van der Waals surface area contributed by atoms with E-state index in [2.05, 4.69) is 5.32 Å². The highest BCUT2D eigenvalue weighted by Crippen LogP contribution is 2.01. The van der Waals surface area contributed by atoms with Gasteiger partial charge in [-0.3, -0.25) is 15.0 Å². The van der Waals surface area contributed by atoms with Crippen LogP contribution < -0.4 is 22.5 Å². The lowest BCUT2D eigenvalue weighted by atomic mass is 10.1. The molecular weight excluding hydrogens is 314 g/mol. The standard InChI is InChI=1S/C9H11NO2.C6H14N4O2/c10-8(9(11)12)6-7-4-2-1-3-5-7;7-4(5(11)12)2-1-3-10-6(8)9/h1-5,8H,6,10H2,(H,11,12);4H,1-3,7H2,(H,11,12)(H4,8,9,10)/t8-;4-/m00/s1. The first-order valence-electron chi connectivity index (χ1n) is 7.32. The molecule has 0 saturated heterocycles. The molecule has 10 N–H and O–H groups in total. The summed E-state index contributed by atoms with van der Waals surface area (Å²) >= 11 is 0. The number of nitrogens with one attached hydrogen (secondary N) is 2. The normalized spacial score (nSPS) is 12.2. The first kappa shape index (κ1) is 21.4. The molecule has 9 nitrogen and oxygen atoms in total. The number of hydrogen-bond acceptors (Lipinski definition) is 5. The van der Waals surface area contributed by atoms with Gasteiger partial charge in [0, 0.05) is 6.54 Å². The maximum absolute atomic E-state index is 10.4. The van der Waals surface area contributed by atoms with E-state index in [9.17, 15) is 9.59 Å². The summed E-state index contributed by atoms with van der Waals surface area (Å²) in [5.41, 5.74) is 16.5. The average Bonchev–Trinajstić information content (AvgIpc) is 2.52. The van der Waals surface area contributed by atoms with Crippen LogP contribution in [0.5, 0.6) is 0 Å². The van der Waals surface area contributed by atoms with Crippen LogP contribution in [0.4, 0.5) is 0 Å². The van der Waals surface area contributed by atoms with E-state index in [1.165, 1.54) is 0 Å². The van der Waals surface area contributed by atoms with Crippen molar-refractivity contribution in [2.24, 2.45) is 17.2 Å². The maximum atomic E-state index is 10.4. The summed E-state index contributed by atoms with van der Waals surface area (Å²) in [6.07, 6.45) is 1.36. The molecule has 0 spiro atoms. The van der Waals surface area contributed by atoms with Gasteiger partial charge in [0.25, 0.3) is 0 Å². The minimum Gasteiger partial charge on any atom is -0.480 e. The van der Waals surface area contributed by atoms with Gasteiger partial charge in [-0.15, -0.1) is 0 Å². The van der Waals surface area contributed by atoms with Crippen LogP contribution in [-0.2, 0) is 16.0 Å². The number of nitrogens with two attached hydrogens (primary N) is 3. The van der Waals surface area contributed by atoms with Gasteiger partial charge in [-0.25, -0.2) is 0 Å². The number of carboxylic acids is 2. The second-order valence-electron chi connectivity index (χ2n) is 5.06. The van der Waals surface area contributed by atoms with Crippen LogP contribution in [0.2, 0.25) is 0 Å². The van der Waals surface area contributed by atoms with Crippen LogP contribution in [0.15, 0.2) is 30.3 Å². The SMILES string of the molecule is N=C(N)NCCC[C@H](N)C(=O)O.N[C@@H](Cc1ccccc1)C(=O)O. The molecular formula is C15H25N5O4. The molecule has 0 aliphatic rings. The van der Waals surface area contributed by atoms with E-state index in [-0.39, 0.29) is 5.96 Å². The Kier molecular flexibility index (Phi) is 10.5. The van der Waals surface area contributed by atoms with Crippen molar-refractivity contribution < 1.29 is 19.8 Å².